The number of benzene rings is 1. The lowest BCUT2D eigenvalue weighted by molar-refractivity contribution is 0.629. The van der Waals surface area contributed by atoms with Crippen LogP contribution in [0.15, 0.2) is 22.7 Å². The zero-order chi connectivity index (χ0) is 10.4. The zero-order valence-corrected chi connectivity index (χ0v) is 9.49. The lowest BCUT2D eigenvalue weighted by atomic mass is 10.3. The van der Waals surface area contributed by atoms with Gasteiger partial charge in [0.15, 0.2) is 0 Å². The van der Waals surface area contributed by atoms with Crippen molar-refractivity contribution in [2.45, 2.75) is 13.3 Å². The van der Waals surface area contributed by atoms with Gasteiger partial charge in [-0.25, -0.2) is 4.39 Å². The fourth-order valence-electron chi connectivity index (χ4n) is 1.04. The molecule has 0 amide bonds. The first-order chi connectivity index (χ1) is 6.75. The maximum Gasteiger partial charge on any atom is 0.147 e. The van der Waals surface area contributed by atoms with Crippen LogP contribution in [0.25, 0.3) is 0 Å². The van der Waals surface area contributed by atoms with Gasteiger partial charge in [-0.1, -0.05) is 6.07 Å². The molecular formula is C11H11BrFN. The maximum absolute atomic E-state index is 13.2. The lowest BCUT2D eigenvalue weighted by Gasteiger charge is -2.07. The quantitative estimate of drug-likeness (QED) is 0.645. The van der Waals surface area contributed by atoms with Crippen LogP contribution in [0.5, 0.6) is 0 Å². The van der Waals surface area contributed by atoms with Gasteiger partial charge in [0.1, 0.15) is 5.82 Å². The highest BCUT2D eigenvalue weighted by Gasteiger charge is 2.03. The van der Waals surface area contributed by atoms with E-state index in [0.29, 0.717) is 12.2 Å². The van der Waals surface area contributed by atoms with Gasteiger partial charge in [-0.15, -0.1) is 11.8 Å². The van der Waals surface area contributed by atoms with E-state index in [1.165, 1.54) is 6.07 Å². The summed E-state index contributed by atoms with van der Waals surface area (Å²) in [5.41, 5.74) is 0.505. The molecule has 74 valence electrons. The molecule has 1 aromatic carbocycles. The van der Waals surface area contributed by atoms with E-state index in [4.69, 9.17) is 0 Å². The second kappa shape index (κ2) is 5.66. The zero-order valence-electron chi connectivity index (χ0n) is 7.90. The highest BCUT2D eigenvalue weighted by atomic mass is 79.9. The van der Waals surface area contributed by atoms with Crippen molar-refractivity contribution >= 4 is 21.6 Å². The summed E-state index contributed by atoms with van der Waals surface area (Å²) in [6.07, 6.45) is 0.720. The third-order valence-electron chi connectivity index (χ3n) is 1.69. The Balaban J connectivity index is 2.60. The molecule has 1 aromatic rings. The van der Waals surface area contributed by atoms with E-state index in [9.17, 15) is 4.39 Å². The van der Waals surface area contributed by atoms with Crippen molar-refractivity contribution in [1.82, 2.24) is 0 Å². The van der Waals surface area contributed by atoms with Gasteiger partial charge in [0.2, 0.25) is 0 Å². The van der Waals surface area contributed by atoms with Crippen LogP contribution in [0.2, 0.25) is 0 Å². The highest BCUT2D eigenvalue weighted by molar-refractivity contribution is 9.10. The van der Waals surface area contributed by atoms with Gasteiger partial charge in [0.25, 0.3) is 0 Å². The molecule has 1 N–H and O–H groups in total. The molecule has 0 heterocycles. The fraction of sp³-hybridized carbons (Fsp3) is 0.273. The molecule has 1 nitrogen and oxygen atoms in total. The summed E-state index contributed by atoms with van der Waals surface area (Å²) in [4.78, 5) is 0. The minimum absolute atomic E-state index is 0.246. The Morgan fingerprint density at radius 2 is 2.29 bits per heavy atom. The van der Waals surface area contributed by atoms with Gasteiger partial charge in [-0.3, -0.25) is 0 Å². The van der Waals surface area contributed by atoms with Crippen LogP contribution in [0.4, 0.5) is 10.1 Å². The van der Waals surface area contributed by atoms with E-state index in [2.05, 4.69) is 33.1 Å². The Kier molecular flexibility index (Phi) is 4.48. The first-order valence-electron chi connectivity index (χ1n) is 4.33. The first-order valence-corrected chi connectivity index (χ1v) is 5.12. The summed E-state index contributed by atoms with van der Waals surface area (Å²) in [6, 6.07) is 4.89. The summed E-state index contributed by atoms with van der Waals surface area (Å²) in [7, 11) is 0. The molecule has 14 heavy (non-hydrogen) atoms. The fourth-order valence-corrected chi connectivity index (χ4v) is 1.52. The lowest BCUT2D eigenvalue weighted by Crippen LogP contribution is -2.03. The summed E-state index contributed by atoms with van der Waals surface area (Å²) in [6.45, 7) is 2.44. The van der Waals surface area contributed by atoms with Crippen molar-refractivity contribution in [2.24, 2.45) is 0 Å². The SMILES string of the molecule is CC#CCCNc1c(F)cccc1Br. The van der Waals surface area contributed by atoms with Crippen molar-refractivity contribution in [3.05, 3.63) is 28.5 Å². The van der Waals surface area contributed by atoms with Crippen molar-refractivity contribution < 1.29 is 4.39 Å². The van der Waals surface area contributed by atoms with E-state index < -0.39 is 0 Å². The molecule has 0 bridgehead atoms. The van der Waals surface area contributed by atoms with Crippen LogP contribution in [0.3, 0.4) is 0 Å². The molecule has 0 aromatic heterocycles. The number of hydrogen-bond acceptors (Lipinski definition) is 1. The van der Waals surface area contributed by atoms with Crippen LogP contribution in [0.1, 0.15) is 13.3 Å². The summed E-state index contributed by atoms with van der Waals surface area (Å²) >= 11 is 3.28. The molecule has 0 saturated carbocycles. The number of rotatable bonds is 3. The van der Waals surface area contributed by atoms with Gasteiger partial charge < -0.3 is 5.32 Å². The van der Waals surface area contributed by atoms with Crippen molar-refractivity contribution in [2.75, 3.05) is 11.9 Å². The molecule has 0 aliphatic rings. The average molecular weight is 256 g/mol. The highest BCUT2D eigenvalue weighted by Crippen LogP contribution is 2.24. The number of para-hydroxylation sites is 1. The van der Waals surface area contributed by atoms with Gasteiger partial charge in [-0.05, 0) is 35.0 Å². The molecule has 0 radical (unpaired) electrons. The second-order valence-corrected chi connectivity index (χ2v) is 3.55. The van der Waals surface area contributed by atoms with Crippen molar-refractivity contribution in [1.29, 1.82) is 0 Å². The molecule has 0 fully saturated rings. The maximum atomic E-state index is 13.2. The number of nitrogens with one attached hydrogen (secondary N) is 1. The molecular weight excluding hydrogens is 245 g/mol. The van der Waals surface area contributed by atoms with E-state index in [-0.39, 0.29) is 5.82 Å². The summed E-state index contributed by atoms with van der Waals surface area (Å²) in [5.74, 6) is 5.45. The van der Waals surface area contributed by atoms with Gasteiger partial charge in [-0.2, -0.15) is 0 Å². The van der Waals surface area contributed by atoms with Gasteiger partial charge >= 0.3 is 0 Å². The molecule has 0 aliphatic heterocycles. The average Bonchev–Trinajstić information content (AvgIpc) is 2.16. The Bertz CT molecular complexity index is 345. The normalized spacial score (nSPS) is 9.07. The molecule has 0 saturated heterocycles. The second-order valence-electron chi connectivity index (χ2n) is 2.70. The molecule has 3 heteroatoms. The van der Waals surface area contributed by atoms with Crippen LogP contribution >= 0.6 is 15.9 Å². The molecule has 0 spiro atoms. The summed E-state index contributed by atoms with van der Waals surface area (Å²) in [5, 5.41) is 2.99. The predicted molar refractivity (Wildman–Crippen MR) is 60.7 cm³/mol. The number of anilines is 1. The minimum atomic E-state index is -0.246. The largest absolute Gasteiger partial charge is 0.381 e. The molecule has 0 aliphatic carbocycles. The molecule has 0 atom stereocenters. The van der Waals surface area contributed by atoms with Crippen LogP contribution in [-0.4, -0.2) is 6.54 Å². The predicted octanol–water partition coefficient (Wildman–Crippen LogP) is 3.41. The Hall–Kier alpha value is -1.01. The topological polar surface area (TPSA) is 12.0 Å². The first kappa shape index (κ1) is 11.1. The van der Waals surface area contributed by atoms with Crippen molar-refractivity contribution in [3.8, 4) is 11.8 Å². The Morgan fingerprint density at radius 3 is 2.93 bits per heavy atom. The van der Waals surface area contributed by atoms with Gasteiger partial charge in [0.05, 0.1) is 5.69 Å². The van der Waals surface area contributed by atoms with Gasteiger partial charge in [0, 0.05) is 17.4 Å². The standard InChI is InChI=1S/C11H11BrFN/c1-2-3-4-8-14-11-9(12)6-5-7-10(11)13/h5-7,14H,4,8H2,1H3. The third kappa shape index (κ3) is 3.04. The number of hydrogen-bond donors (Lipinski definition) is 1. The van der Waals surface area contributed by atoms with Crippen LogP contribution in [-0.2, 0) is 0 Å². The van der Waals surface area contributed by atoms with Crippen molar-refractivity contribution in [3.63, 3.8) is 0 Å². The van der Waals surface area contributed by atoms with E-state index >= 15 is 0 Å². The molecule has 0 unspecified atom stereocenters. The smallest absolute Gasteiger partial charge is 0.147 e. The monoisotopic (exact) mass is 255 g/mol. The minimum Gasteiger partial charge on any atom is -0.381 e. The van der Waals surface area contributed by atoms with E-state index in [0.717, 1.165) is 10.9 Å². The Labute approximate surface area is 91.8 Å². The number of halogens is 2. The van der Waals surface area contributed by atoms with Crippen LogP contribution < -0.4 is 5.32 Å². The Morgan fingerprint density at radius 1 is 1.50 bits per heavy atom. The van der Waals surface area contributed by atoms with E-state index in [1.54, 1.807) is 19.1 Å². The molecule has 1 rings (SSSR count). The van der Waals surface area contributed by atoms with E-state index in [1.807, 2.05) is 0 Å². The summed E-state index contributed by atoms with van der Waals surface area (Å²) < 4.78 is 14.0. The third-order valence-corrected chi connectivity index (χ3v) is 2.35. The van der Waals surface area contributed by atoms with Crippen LogP contribution in [0, 0.1) is 17.7 Å².